The normalized spacial score (nSPS) is 9.81. The summed E-state index contributed by atoms with van der Waals surface area (Å²) in [5.41, 5.74) is 0. The molecule has 0 bridgehead atoms. The van der Waals surface area contributed by atoms with Crippen molar-refractivity contribution in [1.82, 2.24) is 0 Å². The smallest absolute Gasteiger partial charge is 0.320 e. The first-order valence-corrected chi connectivity index (χ1v) is 6.68. The SMILES string of the molecule is C=CCOC(=O)C(CCCCC(=O)OC)C(=O)OCC=C. The molecule has 0 rings (SSSR count). The van der Waals surface area contributed by atoms with Gasteiger partial charge in [0.25, 0.3) is 0 Å². The van der Waals surface area contributed by atoms with Gasteiger partial charge in [0.15, 0.2) is 5.92 Å². The van der Waals surface area contributed by atoms with E-state index >= 15 is 0 Å². The van der Waals surface area contributed by atoms with Crippen molar-refractivity contribution in [3.05, 3.63) is 25.3 Å². The average Bonchev–Trinajstić information content (AvgIpc) is 2.49. The van der Waals surface area contributed by atoms with Gasteiger partial charge in [-0.15, -0.1) is 0 Å². The minimum absolute atomic E-state index is 0.0340. The molecule has 0 amide bonds. The van der Waals surface area contributed by atoms with Gasteiger partial charge in [0.05, 0.1) is 7.11 Å². The predicted octanol–water partition coefficient (Wildman–Crippen LogP) is 1.79. The summed E-state index contributed by atoms with van der Waals surface area (Å²) in [6.07, 6.45) is 4.36. The minimum atomic E-state index is -0.998. The molecule has 0 aromatic rings. The van der Waals surface area contributed by atoms with Gasteiger partial charge in [-0.1, -0.05) is 31.7 Å². The number of esters is 3. The highest BCUT2D eigenvalue weighted by molar-refractivity contribution is 5.94. The maximum absolute atomic E-state index is 11.8. The summed E-state index contributed by atoms with van der Waals surface area (Å²) in [6, 6.07) is 0. The maximum atomic E-state index is 11.8. The zero-order chi connectivity index (χ0) is 16.1. The van der Waals surface area contributed by atoms with Crippen LogP contribution in [-0.4, -0.2) is 38.2 Å². The fourth-order valence-corrected chi connectivity index (χ4v) is 1.54. The van der Waals surface area contributed by atoms with E-state index in [0.717, 1.165) is 0 Å². The molecule has 0 N–H and O–H groups in total. The Morgan fingerprint density at radius 3 is 1.95 bits per heavy atom. The number of unbranched alkanes of at least 4 members (excludes halogenated alkanes) is 1. The first kappa shape index (κ1) is 18.9. The summed E-state index contributed by atoms with van der Waals surface area (Å²) in [5.74, 6) is -2.62. The lowest BCUT2D eigenvalue weighted by molar-refractivity contribution is -0.161. The van der Waals surface area contributed by atoms with E-state index in [1.165, 1.54) is 19.3 Å². The lowest BCUT2D eigenvalue weighted by atomic mass is 10.0. The molecule has 0 aliphatic rings. The van der Waals surface area contributed by atoms with Gasteiger partial charge in [0, 0.05) is 6.42 Å². The van der Waals surface area contributed by atoms with Crippen molar-refractivity contribution in [2.24, 2.45) is 5.92 Å². The highest BCUT2D eigenvalue weighted by atomic mass is 16.6. The monoisotopic (exact) mass is 298 g/mol. The maximum Gasteiger partial charge on any atom is 0.320 e. The molecule has 0 atom stereocenters. The van der Waals surface area contributed by atoms with E-state index in [2.05, 4.69) is 17.9 Å². The zero-order valence-corrected chi connectivity index (χ0v) is 12.3. The van der Waals surface area contributed by atoms with Gasteiger partial charge in [-0.3, -0.25) is 14.4 Å². The van der Waals surface area contributed by atoms with Crippen molar-refractivity contribution in [2.45, 2.75) is 25.7 Å². The van der Waals surface area contributed by atoms with E-state index in [4.69, 9.17) is 9.47 Å². The van der Waals surface area contributed by atoms with Crippen molar-refractivity contribution in [3.63, 3.8) is 0 Å². The molecule has 0 heterocycles. The number of rotatable bonds is 11. The molecule has 0 saturated heterocycles. The molecular formula is C15H22O6. The second-order valence-corrected chi connectivity index (χ2v) is 4.21. The molecule has 0 unspecified atom stereocenters. The topological polar surface area (TPSA) is 78.9 Å². The highest BCUT2D eigenvalue weighted by Gasteiger charge is 2.29. The van der Waals surface area contributed by atoms with Crippen molar-refractivity contribution < 1.29 is 28.6 Å². The number of ether oxygens (including phenoxy) is 3. The first-order valence-electron chi connectivity index (χ1n) is 6.68. The van der Waals surface area contributed by atoms with Crippen LogP contribution < -0.4 is 0 Å². The van der Waals surface area contributed by atoms with Crippen LogP contribution in [0.1, 0.15) is 25.7 Å². The summed E-state index contributed by atoms with van der Waals surface area (Å²) < 4.78 is 14.3. The van der Waals surface area contributed by atoms with Crippen LogP contribution in [0.2, 0.25) is 0 Å². The number of carbonyl (C=O) groups excluding carboxylic acids is 3. The Morgan fingerprint density at radius 1 is 1.00 bits per heavy atom. The molecule has 0 aliphatic heterocycles. The largest absolute Gasteiger partial charge is 0.469 e. The Morgan fingerprint density at radius 2 is 1.52 bits per heavy atom. The first-order chi connectivity index (χ1) is 10.1. The van der Waals surface area contributed by atoms with Gasteiger partial charge in [0.2, 0.25) is 0 Å². The van der Waals surface area contributed by atoms with Crippen molar-refractivity contribution in [1.29, 1.82) is 0 Å². The van der Waals surface area contributed by atoms with Gasteiger partial charge < -0.3 is 14.2 Å². The second kappa shape index (κ2) is 11.7. The summed E-state index contributed by atoms with van der Waals surface area (Å²) in [7, 11) is 1.31. The molecule has 0 fully saturated rings. The second-order valence-electron chi connectivity index (χ2n) is 4.21. The Labute approximate surface area is 124 Å². The summed E-state index contributed by atoms with van der Waals surface area (Å²) in [4.78, 5) is 34.6. The Balaban J connectivity index is 4.39. The van der Waals surface area contributed by atoms with Crippen LogP contribution >= 0.6 is 0 Å². The quantitative estimate of drug-likeness (QED) is 0.190. The van der Waals surface area contributed by atoms with Crippen LogP contribution in [0.4, 0.5) is 0 Å². The fourth-order valence-electron chi connectivity index (χ4n) is 1.54. The van der Waals surface area contributed by atoms with Crippen molar-refractivity contribution in [3.8, 4) is 0 Å². The highest BCUT2D eigenvalue weighted by Crippen LogP contribution is 2.14. The lowest BCUT2D eigenvalue weighted by Crippen LogP contribution is -2.28. The van der Waals surface area contributed by atoms with Crippen molar-refractivity contribution in [2.75, 3.05) is 20.3 Å². The number of hydrogen-bond acceptors (Lipinski definition) is 6. The van der Waals surface area contributed by atoms with Crippen molar-refractivity contribution >= 4 is 17.9 Å². The van der Waals surface area contributed by atoms with E-state index < -0.39 is 17.9 Å². The number of methoxy groups -OCH3 is 1. The van der Waals surface area contributed by atoms with E-state index in [9.17, 15) is 14.4 Å². The zero-order valence-electron chi connectivity index (χ0n) is 12.3. The van der Waals surface area contributed by atoms with Crippen LogP contribution in [0.3, 0.4) is 0 Å². The van der Waals surface area contributed by atoms with Crippen LogP contribution in [-0.2, 0) is 28.6 Å². The van der Waals surface area contributed by atoms with Crippen LogP contribution in [0.15, 0.2) is 25.3 Å². The molecule has 118 valence electrons. The van der Waals surface area contributed by atoms with Crippen LogP contribution in [0.25, 0.3) is 0 Å². The van der Waals surface area contributed by atoms with E-state index in [-0.39, 0.29) is 32.0 Å². The predicted molar refractivity (Wildman–Crippen MR) is 76.3 cm³/mol. The molecule has 6 nitrogen and oxygen atoms in total. The third-order valence-corrected chi connectivity index (χ3v) is 2.61. The molecule has 0 aromatic heterocycles. The third-order valence-electron chi connectivity index (χ3n) is 2.61. The molecule has 0 spiro atoms. The van der Waals surface area contributed by atoms with Gasteiger partial charge in [-0.25, -0.2) is 0 Å². The molecule has 21 heavy (non-hydrogen) atoms. The van der Waals surface area contributed by atoms with Gasteiger partial charge >= 0.3 is 17.9 Å². The Kier molecular flexibility index (Phi) is 10.5. The number of carbonyl (C=O) groups is 3. The molecule has 0 saturated carbocycles. The Bertz CT molecular complexity index is 350. The molecule has 0 aliphatic carbocycles. The third kappa shape index (κ3) is 8.62. The number of hydrogen-bond donors (Lipinski definition) is 0. The van der Waals surface area contributed by atoms with E-state index in [1.807, 2.05) is 0 Å². The van der Waals surface area contributed by atoms with Gasteiger partial charge in [0.1, 0.15) is 13.2 Å². The van der Waals surface area contributed by atoms with Gasteiger partial charge in [-0.05, 0) is 12.8 Å². The van der Waals surface area contributed by atoms with Crippen LogP contribution in [0, 0.1) is 5.92 Å². The van der Waals surface area contributed by atoms with Crippen LogP contribution in [0.5, 0.6) is 0 Å². The van der Waals surface area contributed by atoms with Gasteiger partial charge in [-0.2, -0.15) is 0 Å². The summed E-state index contributed by atoms with van der Waals surface area (Å²) >= 11 is 0. The minimum Gasteiger partial charge on any atom is -0.469 e. The molecule has 0 radical (unpaired) electrons. The molecular weight excluding hydrogens is 276 g/mol. The van der Waals surface area contributed by atoms with E-state index in [0.29, 0.717) is 12.8 Å². The summed E-state index contributed by atoms with van der Waals surface area (Å²) in [5, 5.41) is 0. The average molecular weight is 298 g/mol. The fraction of sp³-hybridized carbons (Fsp3) is 0.533. The molecule has 0 aromatic carbocycles. The standard InChI is InChI=1S/C15H22O6/c1-4-10-20-14(17)12(15(18)21-11-5-2)8-6-7-9-13(16)19-3/h4-5,12H,1-2,6-11H2,3H3. The summed E-state index contributed by atoms with van der Waals surface area (Å²) in [6.45, 7) is 6.93. The lowest BCUT2D eigenvalue weighted by Gasteiger charge is -2.14. The van der Waals surface area contributed by atoms with E-state index in [1.54, 1.807) is 0 Å². The molecule has 6 heteroatoms. The Hall–Kier alpha value is -2.11.